The molecule has 0 saturated heterocycles. The number of hydrogen-bond donors (Lipinski definition) is 1. The van der Waals surface area contributed by atoms with E-state index in [2.05, 4.69) is 6.58 Å². The van der Waals surface area contributed by atoms with E-state index < -0.39 is 5.97 Å². The highest BCUT2D eigenvalue weighted by molar-refractivity contribution is 5.85. The Balaban J connectivity index is 1.93. The van der Waals surface area contributed by atoms with Crippen molar-refractivity contribution in [2.75, 3.05) is 13.2 Å². The Morgan fingerprint density at radius 2 is 2.25 bits per heavy atom. The minimum Gasteiger partial charge on any atom is -0.478 e. The van der Waals surface area contributed by atoms with E-state index in [4.69, 9.17) is 9.84 Å². The molecule has 0 heterocycles. The fourth-order valence-corrected chi connectivity index (χ4v) is 0.914. The largest absolute Gasteiger partial charge is 0.478 e. The van der Waals surface area contributed by atoms with Gasteiger partial charge >= 0.3 is 5.97 Å². The fraction of sp³-hybridized carbons (Fsp3) is 0.667. The van der Waals surface area contributed by atoms with Crippen molar-refractivity contribution in [3.63, 3.8) is 0 Å². The maximum atomic E-state index is 10.3. The number of carbonyl (C=O) groups is 1. The highest BCUT2D eigenvalue weighted by Gasteiger charge is 2.20. The lowest BCUT2D eigenvalue weighted by atomic mass is 10.3. The van der Waals surface area contributed by atoms with E-state index in [0.717, 1.165) is 12.3 Å². The van der Waals surface area contributed by atoms with Crippen LogP contribution >= 0.6 is 0 Å². The van der Waals surface area contributed by atoms with Crippen LogP contribution in [0.3, 0.4) is 0 Å². The molecule has 0 amide bonds. The van der Waals surface area contributed by atoms with Crippen molar-refractivity contribution in [1.29, 1.82) is 0 Å². The first-order valence-electron chi connectivity index (χ1n) is 4.19. The third-order valence-corrected chi connectivity index (χ3v) is 1.95. The summed E-state index contributed by atoms with van der Waals surface area (Å²) >= 11 is 0. The van der Waals surface area contributed by atoms with E-state index >= 15 is 0 Å². The van der Waals surface area contributed by atoms with Crippen LogP contribution in [-0.2, 0) is 9.53 Å². The third kappa shape index (κ3) is 3.53. The second kappa shape index (κ2) is 4.26. The van der Waals surface area contributed by atoms with Crippen LogP contribution in [0.25, 0.3) is 0 Å². The second-order valence-electron chi connectivity index (χ2n) is 3.19. The van der Waals surface area contributed by atoms with Crippen molar-refractivity contribution in [2.45, 2.75) is 19.3 Å². The Morgan fingerprint density at radius 1 is 1.58 bits per heavy atom. The summed E-state index contributed by atoms with van der Waals surface area (Å²) in [5.74, 6) is -0.135. The molecule has 1 aliphatic rings. The zero-order valence-electron chi connectivity index (χ0n) is 7.08. The number of aliphatic carboxylic acids is 1. The first kappa shape index (κ1) is 9.26. The summed E-state index contributed by atoms with van der Waals surface area (Å²) in [4.78, 5) is 10.3. The number of hydrogen-bond acceptors (Lipinski definition) is 2. The molecule has 3 nitrogen and oxygen atoms in total. The van der Waals surface area contributed by atoms with Gasteiger partial charge in [0.05, 0.1) is 12.2 Å². The molecule has 0 radical (unpaired) electrons. The molecule has 12 heavy (non-hydrogen) atoms. The van der Waals surface area contributed by atoms with Crippen molar-refractivity contribution < 1.29 is 14.6 Å². The first-order chi connectivity index (χ1) is 5.70. The monoisotopic (exact) mass is 170 g/mol. The van der Waals surface area contributed by atoms with Crippen molar-refractivity contribution >= 4 is 5.97 Å². The van der Waals surface area contributed by atoms with Crippen LogP contribution in [0, 0.1) is 5.92 Å². The number of carboxylic acids is 1. The molecule has 0 atom stereocenters. The normalized spacial score (nSPS) is 16.0. The van der Waals surface area contributed by atoms with Crippen LogP contribution < -0.4 is 0 Å². The van der Waals surface area contributed by atoms with Crippen LogP contribution in [0.4, 0.5) is 0 Å². The molecule has 0 aliphatic heterocycles. The van der Waals surface area contributed by atoms with E-state index in [0.29, 0.717) is 6.61 Å². The smallest absolute Gasteiger partial charge is 0.333 e. The predicted octanol–water partition coefficient (Wildman–Crippen LogP) is 1.44. The predicted molar refractivity (Wildman–Crippen MR) is 44.9 cm³/mol. The van der Waals surface area contributed by atoms with E-state index in [1.165, 1.54) is 12.8 Å². The molecule has 0 unspecified atom stereocenters. The lowest BCUT2D eigenvalue weighted by Gasteiger charge is -2.02. The van der Waals surface area contributed by atoms with Gasteiger partial charge in [0.25, 0.3) is 0 Å². The molecule has 0 aromatic rings. The van der Waals surface area contributed by atoms with E-state index in [9.17, 15) is 4.79 Å². The minimum absolute atomic E-state index is 0.130. The van der Waals surface area contributed by atoms with Gasteiger partial charge in [0.15, 0.2) is 0 Å². The summed E-state index contributed by atoms with van der Waals surface area (Å²) in [6.45, 7) is 4.18. The second-order valence-corrected chi connectivity index (χ2v) is 3.19. The lowest BCUT2D eigenvalue weighted by molar-refractivity contribution is -0.133. The van der Waals surface area contributed by atoms with Gasteiger partial charge in [-0.3, -0.25) is 0 Å². The molecule has 0 aromatic carbocycles. The van der Waals surface area contributed by atoms with Crippen LogP contribution in [0.1, 0.15) is 19.3 Å². The van der Waals surface area contributed by atoms with Gasteiger partial charge in [-0.2, -0.15) is 0 Å². The zero-order chi connectivity index (χ0) is 8.97. The third-order valence-electron chi connectivity index (χ3n) is 1.95. The van der Waals surface area contributed by atoms with Crippen LogP contribution in [-0.4, -0.2) is 24.3 Å². The van der Waals surface area contributed by atoms with Gasteiger partial charge in [0.1, 0.15) is 0 Å². The Bertz CT molecular complexity index is 182. The molecule has 1 rings (SSSR count). The summed E-state index contributed by atoms with van der Waals surface area (Å²) in [6.07, 6.45) is 3.68. The summed E-state index contributed by atoms with van der Waals surface area (Å²) in [6, 6.07) is 0. The maximum absolute atomic E-state index is 10.3. The summed E-state index contributed by atoms with van der Waals surface area (Å²) in [5, 5.41) is 8.42. The summed E-state index contributed by atoms with van der Waals surface area (Å²) in [5.41, 5.74) is 0.130. The quantitative estimate of drug-likeness (QED) is 0.484. The number of rotatable bonds is 6. The van der Waals surface area contributed by atoms with Gasteiger partial charge in [0, 0.05) is 6.61 Å². The van der Waals surface area contributed by atoms with E-state index in [1.54, 1.807) is 0 Å². The number of ether oxygens (including phenoxy) is 1. The summed E-state index contributed by atoms with van der Waals surface area (Å²) in [7, 11) is 0. The summed E-state index contributed by atoms with van der Waals surface area (Å²) < 4.78 is 5.13. The van der Waals surface area contributed by atoms with Crippen LogP contribution in [0.2, 0.25) is 0 Å². The topological polar surface area (TPSA) is 46.5 Å². The average Bonchev–Trinajstić information content (AvgIpc) is 2.80. The van der Waals surface area contributed by atoms with Crippen molar-refractivity contribution in [3.05, 3.63) is 12.2 Å². The molecular weight excluding hydrogens is 156 g/mol. The van der Waals surface area contributed by atoms with E-state index in [-0.39, 0.29) is 12.2 Å². The van der Waals surface area contributed by atoms with Gasteiger partial charge < -0.3 is 9.84 Å². The Morgan fingerprint density at radius 3 is 2.75 bits per heavy atom. The van der Waals surface area contributed by atoms with Gasteiger partial charge in [-0.25, -0.2) is 4.79 Å². The SMILES string of the molecule is C=C(COCCC1CC1)C(=O)O. The molecule has 1 N–H and O–H groups in total. The van der Waals surface area contributed by atoms with Crippen molar-refractivity contribution in [3.8, 4) is 0 Å². The Kier molecular flexibility index (Phi) is 3.29. The Labute approximate surface area is 72.0 Å². The molecule has 1 aliphatic carbocycles. The van der Waals surface area contributed by atoms with Gasteiger partial charge in [0.2, 0.25) is 0 Å². The molecule has 1 saturated carbocycles. The fourth-order valence-electron chi connectivity index (χ4n) is 0.914. The molecule has 3 heteroatoms. The number of carboxylic acid groups (broad SMARTS) is 1. The molecule has 68 valence electrons. The molecular formula is C9H14O3. The highest BCUT2D eigenvalue weighted by Crippen LogP contribution is 2.32. The maximum Gasteiger partial charge on any atom is 0.333 e. The van der Waals surface area contributed by atoms with Crippen molar-refractivity contribution in [1.82, 2.24) is 0 Å². The minimum atomic E-state index is -0.971. The zero-order valence-corrected chi connectivity index (χ0v) is 7.08. The highest BCUT2D eigenvalue weighted by atomic mass is 16.5. The molecule has 0 aromatic heterocycles. The average molecular weight is 170 g/mol. The van der Waals surface area contributed by atoms with Gasteiger partial charge in [-0.15, -0.1) is 0 Å². The lowest BCUT2D eigenvalue weighted by Crippen LogP contribution is -2.07. The van der Waals surface area contributed by atoms with Crippen molar-refractivity contribution in [2.24, 2.45) is 5.92 Å². The van der Waals surface area contributed by atoms with Gasteiger partial charge in [-0.05, 0) is 12.3 Å². The van der Waals surface area contributed by atoms with Gasteiger partial charge in [-0.1, -0.05) is 19.4 Å². The standard InChI is InChI=1S/C9H14O3/c1-7(9(10)11)6-12-5-4-8-2-3-8/h8H,1-6H2,(H,10,11). The van der Waals surface area contributed by atoms with E-state index in [1.807, 2.05) is 0 Å². The molecule has 1 fully saturated rings. The molecule has 0 spiro atoms. The van der Waals surface area contributed by atoms with Crippen LogP contribution in [0.15, 0.2) is 12.2 Å². The Hall–Kier alpha value is -0.830. The van der Waals surface area contributed by atoms with Crippen LogP contribution in [0.5, 0.6) is 0 Å². The first-order valence-corrected chi connectivity index (χ1v) is 4.19. The molecule has 0 bridgehead atoms.